The first-order valence-electron chi connectivity index (χ1n) is 6.91. The van der Waals surface area contributed by atoms with Crippen molar-refractivity contribution in [3.8, 4) is 0 Å². The number of benzene rings is 2. The number of nitrogens with one attached hydrogen (secondary N) is 1. The van der Waals surface area contributed by atoms with E-state index in [-0.39, 0.29) is 11.6 Å². The molecule has 0 heterocycles. The molecule has 0 aliphatic rings. The van der Waals surface area contributed by atoms with Gasteiger partial charge in [-0.05, 0) is 73.8 Å². The maximum atomic E-state index is 13.4. The Labute approximate surface area is 132 Å². The Morgan fingerprint density at radius 3 is 2.33 bits per heavy atom. The average molecular weight is 354 g/mol. The lowest BCUT2D eigenvalue weighted by Crippen LogP contribution is -2.23. The van der Waals surface area contributed by atoms with Gasteiger partial charge in [-0.25, -0.2) is 8.78 Å². The van der Waals surface area contributed by atoms with Crippen molar-refractivity contribution in [3.05, 3.63) is 69.7 Å². The third kappa shape index (κ3) is 4.90. The normalized spacial score (nSPS) is 12.4. The number of halogens is 3. The van der Waals surface area contributed by atoms with E-state index >= 15 is 0 Å². The quantitative estimate of drug-likeness (QED) is 0.813. The van der Waals surface area contributed by atoms with Crippen LogP contribution in [0.1, 0.15) is 11.1 Å². The molecular weight excluding hydrogens is 336 g/mol. The Balaban J connectivity index is 2.11. The van der Waals surface area contributed by atoms with Crippen molar-refractivity contribution in [1.82, 2.24) is 5.32 Å². The van der Waals surface area contributed by atoms with E-state index in [0.29, 0.717) is 5.92 Å². The van der Waals surface area contributed by atoms with Gasteiger partial charge in [0.1, 0.15) is 11.6 Å². The zero-order chi connectivity index (χ0) is 15.2. The zero-order valence-electron chi connectivity index (χ0n) is 11.9. The molecule has 0 saturated heterocycles. The molecule has 1 unspecified atom stereocenters. The summed E-state index contributed by atoms with van der Waals surface area (Å²) in [7, 11) is 1.90. The Hall–Kier alpha value is -1.26. The molecule has 0 aliphatic carbocycles. The topological polar surface area (TPSA) is 12.0 Å². The highest BCUT2D eigenvalue weighted by atomic mass is 79.9. The number of hydrogen-bond donors (Lipinski definition) is 1. The van der Waals surface area contributed by atoms with Crippen molar-refractivity contribution in [2.24, 2.45) is 5.92 Å². The van der Waals surface area contributed by atoms with Gasteiger partial charge in [-0.3, -0.25) is 0 Å². The highest BCUT2D eigenvalue weighted by Crippen LogP contribution is 2.23. The van der Waals surface area contributed by atoms with Crippen molar-refractivity contribution in [2.75, 3.05) is 13.6 Å². The van der Waals surface area contributed by atoms with E-state index in [9.17, 15) is 8.78 Å². The van der Waals surface area contributed by atoms with Crippen LogP contribution in [0.5, 0.6) is 0 Å². The largest absolute Gasteiger partial charge is 0.319 e. The van der Waals surface area contributed by atoms with Crippen LogP contribution in [0.4, 0.5) is 8.78 Å². The highest BCUT2D eigenvalue weighted by Gasteiger charge is 2.13. The van der Waals surface area contributed by atoms with Crippen LogP contribution in [-0.4, -0.2) is 13.6 Å². The van der Waals surface area contributed by atoms with Crippen LogP contribution in [-0.2, 0) is 12.8 Å². The van der Waals surface area contributed by atoms with Crippen molar-refractivity contribution in [3.63, 3.8) is 0 Å². The molecule has 2 aromatic carbocycles. The second-order valence-corrected chi connectivity index (χ2v) is 6.05. The summed E-state index contributed by atoms with van der Waals surface area (Å²) in [5.41, 5.74) is 2.04. The highest BCUT2D eigenvalue weighted by molar-refractivity contribution is 9.10. The minimum Gasteiger partial charge on any atom is -0.319 e. The fourth-order valence-corrected chi connectivity index (χ4v) is 2.88. The third-order valence-electron chi connectivity index (χ3n) is 3.45. The standard InChI is InChI=1S/C17H18BrF2N/c1-21-11-13(8-12-2-4-15(19)5-3-12)9-14-10-16(20)6-7-17(14)18/h2-7,10,13,21H,8-9,11H2,1H3. The van der Waals surface area contributed by atoms with Gasteiger partial charge in [0.05, 0.1) is 0 Å². The van der Waals surface area contributed by atoms with E-state index in [1.165, 1.54) is 18.2 Å². The van der Waals surface area contributed by atoms with Crippen LogP contribution in [0, 0.1) is 17.6 Å². The monoisotopic (exact) mass is 353 g/mol. The minimum absolute atomic E-state index is 0.224. The summed E-state index contributed by atoms with van der Waals surface area (Å²) in [4.78, 5) is 0. The van der Waals surface area contributed by atoms with Gasteiger partial charge in [0.25, 0.3) is 0 Å². The SMILES string of the molecule is CNCC(Cc1ccc(F)cc1)Cc1cc(F)ccc1Br. The molecule has 4 heteroatoms. The van der Waals surface area contributed by atoms with Gasteiger partial charge in [0.2, 0.25) is 0 Å². The fourth-order valence-electron chi connectivity index (χ4n) is 2.47. The summed E-state index contributed by atoms with van der Waals surface area (Å²) in [6, 6.07) is 11.3. The van der Waals surface area contributed by atoms with Crippen LogP contribution >= 0.6 is 15.9 Å². The molecule has 112 valence electrons. The molecule has 1 N–H and O–H groups in total. The lowest BCUT2D eigenvalue weighted by Gasteiger charge is -2.18. The van der Waals surface area contributed by atoms with Crippen molar-refractivity contribution >= 4 is 15.9 Å². The van der Waals surface area contributed by atoms with Crippen LogP contribution in [0.2, 0.25) is 0 Å². The second-order valence-electron chi connectivity index (χ2n) is 5.19. The molecule has 0 aliphatic heterocycles. The molecule has 21 heavy (non-hydrogen) atoms. The molecule has 0 spiro atoms. The van der Waals surface area contributed by atoms with Gasteiger partial charge >= 0.3 is 0 Å². The van der Waals surface area contributed by atoms with E-state index in [1.807, 2.05) is 7.05 Å². The maximum absolute atomic E-state index is 13.4. The van der Waals surface area contributed by atoms with E-state index in [4.69, 9.17) is 0 Å². The second kappa shape index (κ2) is 7.66. The van der Waals surface area contributed by atoms with Crippen LogP contribution in [0.15, 0.2) is 46.9 Å². The van der Waals surface area contributed by atoms with Gasteiger partial charge in [0.15, 0.2) is 0 Å². The molecule has 0 radical (unpaired) electrons. The lowest BCUT2D eigenvalue weighted by atomic mass is 9.92. The van der Waals surface area contributed by atoms with Gasteiger partial charge in [-0.1, -0.05) is 28.1 Å². The Bertz CT molecular complexity index is 584. The molecule has 0 saturated carbocycles. The average Bonchev–Trinajstić information content (AvgIpc) is 2.45. The van der Waals surface area contributed by atoms with E-state index < -0.39 is 0 Å². The van der Waals surface area contributed by atoms with Gasteiger partial charge in [-0.2, -0.15) is 0 Å². The van der Waals surface area contributed by atoms with Gasteiger partial charge < -0.3 is 5.32 Å². The van der Waals surface area contributed by atoms with Gasteiger partial charge in [0, 0.05) is 4.47 Å². The Morgan fingerprint density at radius 1 is 1.00 bits per heavy atom. The molecule has 1 atom stereocenters. The molecular formula is C17H18BrF2N. The summed E-state index contributed by atoms with van der Waals surface area (Å²) in [6.45, 7) is 0.820. The van der Waals surface area contributed by atoms with E-state index in [0.717, 1.165) is 35.0 Å². The first-order valence-corrected chi connectivity index (χ1v) is 7.70. The number of rotatable bonds is 6. The molecule has 2 aromatic rings. The van der Waals surface area contributed by atoms with E-state index in [2.05, 4.69) is 21.2 Å². The van der Waals surface area contributed by atoms with Crippen molar-refractivity contribution in [2.45, 2.75) is 12.8 Å². The predicted octanol–water partition coefficient (Wildman–Crippen LogP) is 4.35. The van der Waals surface area contributed by atoms with Crippen molar-refractivity contribution in [1.29, 1.82) is 0 Å². The molecule has 2 rings (SSSR count). The molecule has 0 aromatic heterocycles. The van der Waals surface area contributed by atoms with Crippen LogP contribution < -0.4 is 5.32 Å². The minimum atomic E-state index is -0.225. The van der Waals surface area contributed by atoms with Gasteiger partial charge in [-0.15, -0.1) is 0 Å². The summed E-state index contributed by atoms with van der Waals surface area (Å²) in [6.07, 6.45) is 1.58. The first-order chi connectivity index (χ1) is 10.1. The molecule has 0 bridgehead atoms. The maximum Gasteiger partial charge on any atom is 0.123 e. The zero-order valence-corrected chi connectivity index (χ0v) is 13.5. The summed E-state index contributed by atoms with van der Waals surface area (Å²) in [5, 5.41) is 3.17. The lowest BCUT2D eigenvalue weighted by molar-refractivity contribution is 0.490. The first kappa shape index (κ1) is 16.1. The molecule has 0 amide bonds. The van der Waals surface area contributed by atoms with Crippen LogP contribution in [0.3, 0.4) is 0 Å². The number of hydrogen-bond acceptors (Lipinski definition) is 1. The van der Waals surface area contributed by atoms with Crippen molar-refractivity contribution < 1.29 is 8.78 Å². The molecule has 0 fully saturated rings. The summed E-state index contributed by atoms with van der Waals surface area (Å²) in [5.74, 6) is -0.131. The Morgan fingerprint density at radius 2 is 1.67 bits per heavy atom. The summed E-state index contributed by atoms with van der Waals surface area (Å²) >= 11 is 3.47. The fraction of sp³-hybridized carbons (Fsp3) is 0.294. The summed E-state index contributed by atoms with van der Waals surface area (Å²) < 4.78 is 27.3. The molecule has 1 nitrogen and oxygen atoms in total. The predicted molar refractivity (Wildman–Crippen MR) is 85.3 cm³/mol. The smallest absolute Gasteiger partial charge is 0.123 e. The van der Waals surface area contributed by atoms with E-state index in [1.54, 1.807) is 24.3 Å². The van der Waals surface area contributed by atoms with Crippen LogP contribution in [0.25, 0.3) is 0 Å². The Kier molecular flexibility index (Phi) is 5.88. The third-order valence-corrected chi connectivity index (χ3v) is 4.22.